The first-order valence-electron chi connectivity index (χ1n) is 9.54. The number of carbonyl (C=O) groups is 2. The van der Waals surface area contributed by atoms with Gasteiger partial charge in [0, 0.05) is 11.3 Å². The van der Waals surface area contributed by atoms with Crippen LogP contribution in [0.4, 0.5) is 5.69 Å². The molecule has 0 saturated heterocycles. The molecule has 0 radical (unpaired) electrons. The minimum atomic E-state index is -4.11. The van der Waals surface area contributed by atoms with Gasteiger partial charge in [0.1, 0.15) is 22.3 Å². The molecule has 0 aliphatic carbocycles. The SMILES string of the molecule is COC(=O)c1ccc(NC(=O)/C(C#N)=C/c2ccccc2OS(=O)(=O)c2ccccc2)cc1. The summed E-state index contributed by atoms with van der Waals surface area (Å²) in [5.41, 5.74) is 0.604. The second-order valence-electron chi connectivity index (χ2n) is 6.58. The molecular weight excluding hydrogens is 444 g/mol. The van der Waals surface area contributed by atoms with Crippen molar-refractivity contribution in [3.63, 3.8) is 0 Å². The molecule has 9 heteroatoms. The Bertz CT molecular complexity index is 1340. The average Bonchev–Trinajstić information content (AvgIpc) is 2.83. The minimum absolute atomic E-state index is 0.0302. The number of benzene rings is 3. The Morgan fingerprint density at radius 2 is 1.58 bits per heavy atom. The van der Waals surface area contributed by atoms with Crippen molar-refractivity contribution in [2.75, 3.05) is 12.4 Å². The maximum atomic E-state index is 12.6. The van der Waals surface area contributed by atoms with Gasteiger partial charge in [0.25, 0.3) is 5.91 Å². The van der Waals surface area contributed by atoms with E-state index in [0.717, 1.165) is 0 Å². The second kappa shape index (κ2) is 10.3. The summed E-state index contributed by atoms with van der Waals surface area (Å²) in [6, 6.07) is 21.4. The predicted octanol–water partition coefficient (Wildman–Crippen LogP) is 3.79. The Morgan fingerprint density at radius 1 is 0.939 bits per heavy atom. The number of nitriles is 1. The van der Waals surface area contributed by atoms with Crippen LogP contribution in [0.2, 0.25) is 0 Å². The van der Waals surface area contributed by atoms with Crippen molar-refractivity contribution in [1.29, 1.82) is 5.26 Å². The van der Waals surface area contributed by atoms with Crippen LogP contribution in [-0.4, -0.2) is 27.4 Å². The van der Waals surface area contributed by atoms with Crippen LogP contribution >= 0.6 is 0 Å². The molecule has 0 aliphatic heterocycles. The topological polar surface area (TPSA) is 123 Å². The van der Waals surface area contributed by atoms with Crippen molar-refractivity contribution in [2.45, 2.75) is 4.90 Å². The summed E-state index contributed by atoms with van der Waals surface area (Å²) in [5, 5.41) is 12.0. The molecule has 0 bridgehead atoms. The number of amides is 1. The Balaban J connectivity index is 1.83. The zero-order valence-corrected chi connectivity index (χ0v) is 18.2. The third-order valence-corrected chi connectivity index (χ3v) is 5.63. The number of hydrogen-bond donors (Lipinski definition) is 1. The van der Waals surface area contributed by atoms with Gasteiger partial charge < -0.3 is 14.2 Å². The van der Waals surface area contributed by atoms with Crippen LogP contribution in [0.3, 0.4) is 0 Å². The van der Waals surface area contributed by atoms with Gasteiger partial charge in [0.2, 0.25) is 0 Å². The smallest absolute Gasteiger partial charge is 0.339 e. The van der Waals surface area contributed by atoms with Gasteiger partial charge in [-0.05, 0) is 48.5 Å². The number of rotatable bonds is 7. The first-order valence-corrected chi connectivity index (χ1v) is 10.9. The van der Waals surface area contributed by atoms with Crippen LogP contribution < -0.4 is 9.50 Å². The van der Waals surface area contributed by atoms with Crippen LogP contribution in [0.25, 0.3) is 6.08 Å². The molecule has 3 aromatic carbocycles. The lowest BCUT2D eigenvalue weighted by atomic mass is 10.1. The van der Waals surface area contributed by atoms with Gasteiger partial charge in [-0.1, -0.05) is 36.4 Å². The first kappa shape index (κ1) is 23.2. The van der Waals surface area contributed by atoms with Crippen molar-refractivity contribution in [3.05, 3.63) is 95.6 Å². The standard InChI is InChI=1S/C24H18N2O6S/c1-31-24(28)17-11-13-20(14-12-17)26-23(27)19(16-25)15-18-7-5-6-10-22(18)32-33(29,30)21-8-3-2-4-9-21/h2-15H,1H3,(H,26,27)/b19-15+. The summed E-state index contributed by atoms with van der Waals surface area (Å²) in [5.74, 6) is -1.28. The lowest BCUT2D eigenvalue weighted by Crippen LogP contribution is -2.14. The third-order valence-electron chi connectivity index (χ3n) is 4.38. The van der Waals surface area contributed by atoms with Gasteiger partial charge in [0.15, 0.2) is 0 Å². The van der Waals surface area contributed by atoms with Crippen LogP contribution in [0.15, 0.2) is 89.3 Å². The van der Waals surface area contributed by atoms with Crippen molar-refractivity contribution < 1.29 is 26.9 Å². The molecule has 0 aliphatic rings. The number of nitrogens with one attached hydrogen (secondary N) is 1. The van der Waals surface area contributed by atoms with Crippen LogP contribution in [0, 0.1) is 11.3 Å². The Morgan fingerprint density at radius 3 is 2.21 bits per heavy atom. The fraction of sp³-hybridized carbons (Fsp3) is 0.0417. The lowest BCUT2D eigenvalue weighted by molar-refractivity contribution is -0.112. The quantitative estimate of drug-likeness (QED) is 0.245. The number of para-hydroxylation sites is 1. The number of carbonyl (C=O) groups excluding carboxylic acids is 2. The highest BCUT2D eigenvalue weighted by molar-refractivity contribution is 7.87. The fourth-order valence-corrected chi connectivity index (χ4v) is 3.71. The average molecular weight is 462 g/mol. The van der Waals surface area contributed by atoms with Gasteiger partial charge in [0.05, 0.1) is 12.7 Å². The summed E-state index contributed by atoms with van der Waals surface area (Å²) in [4.78, 5) is 24.1. The van der Waals surface area contributed by atoms with E-state index in [-0.39, 0.29) is 21.8 Å². The van der Waals surface area contributed by atoms with Crippen LogP contribution in [0.1, 0.15) is 15.9 Å². The van der Waals surface area contributed by atoms with Crippen molar-refractivity contribution in [3.8, 4) is 11.8 Å². The molecule has 33 heavy (non-hydrogen) atoms. The summed E-state index contributed by atoms with van der Waals surface area (Å²) < 4.78 is 35.0. The van der Waals surface area contributed by atoms with Gasteiger partial charge in [-0.2, -0.15) is 13.7 Å². The summed E-state index contributed by atoms with van der Waals surface area (Å²) in [6.45, 7) is 0. The largest absolute Gasteiger partial charge is 0.465 e. The number of ether oxygens (including phenoxy) is 1. The molecule has 0 aromatic heterocycles. The highest BCUT2D eigenvalue weighted by atomic mass is 32.2. The van der Waals surface area contributed by atoms with Crippen molar-refractivity contribution in [1.82, 2.24) is 0 Å². The Hall–Kier alpha value is -4.42. The molecule has 8 nitrogen and oxygen atoms in total. The molecule has 0 unspecified atom stereocenters. The number of hydrogen-bond acceptors (Lipinski definition) is 7. The summed E-state index contributed by atoms with van der Waals surface area (Å²) in [6.07, 6.45) is 1.23. The van der Waals surface area contributed by atoms with Gasteiger partial charge in [-0.25, -0.2) is 4.79 Å². The van der Waals surface area contributed by atoms with E-state index in [2.05, 4.69) is 10.1 Å². The lowest BCUT2D eigenvalue weighted by Gasteiger charge is -2.10. The maximum Gasteiger partial charge on any atom is 0.339 e. The Labute approximate surface area is 190 Å². The number of methoxy groups -OCH3 is 1. The van der Waals surface area contributed by atoms with Gasteiger partial charge in [-0.15, -0.1) is 0 Å². The van der Waals surface area contributed by atoms with E-state index in [4.69, 9.17) is 4.18 Å². The molecule has 1 amide bonds. The molecule has 1 N–H and O–H groups in total. The zero-order valence-electron chi connectivity index (χ0n) is 17.4. The maximum absolute atomic E-state index is 12.6. The van der Waals surface area contributed by atoms with Crippen LogP contribution in [0.5, 0.6) is 5.75 Å². The molecule has 166 valence electrons. The molecule has 0 saturated carbocycles. The van der Waals surface area contributed by atoms with E-state index >= 15 is 0 Å². The molecule has 3 rings (SSSR count). The number of nitrogens with zero attached hydrogens (tertiary/aromatic N) is 1. The highest BCUT2D eigenvalue weighted by Gasteiger charge is 2.18. The van der Waals surface area contributed by atoms with E-state index in [1.165, 1.54) is 61.7 Å². The minimum Gasteiger partial charge on any atom is -0.465 e. The molecule has 3 aromatic rings. The molecule has 0 heterocycles. The van der Waals surface area contributed by atoms with E-state index in [1.54, 1.807) is 36.4 Å². The van der Waals surface area contributed by atoms with Crippen molar-refractivity contribution in [2.24, 2.45) is 0 Å². The Kier molecular flexibility index (Phi) is 7.23. The molecule has 0 atom stereocenters. The monoisotopic (exact) mass is 462 g/mol. The molecule has 0 fully saturated rings. The third kappa shape index (κ3) is 5.84. The fourth-order valence-electron chi connectivity index (χ4n) is 2.74. The number of esters is 1. The van der Waals surface area contributed by atoms with E-state index in [1.807, 2.05) is 0 Å². The second-order valence-corrected chi connectivity index (χ2v) is 8.13. The zero-order chi connectivity index (χ0) is 23.8. The van der Waals surface area contributed by atoms with Crippen molar-refractivity contribution >= 4 is 33.8 Å². The van der Waals surface area contributed by atoms with E-state index < -0.39 is 22.0 Å². The molecular formula is C24H18N2O6S. The van der Waals surface area contributed by atoms with Crippen LogP contribution in [-0.2, 0) is 19.6 Å². The van der Waals surface area contributed by atoms with Gasteiger partial charge >= 0.3 is 16.1 Å². The van der Waals surface area contributed by atoms with E-state index in [9.17, 15) is 23.3 Å². The summed E-state index contributed by atoms with van der Waals surface area (Å²) in [7, 11) is -2.85. The predicted molar refractivity (Wildman–Crippen MR) is 121 cm³/mol. The van der Waals surface area contributed by atoms with E-state index in [0.29, 0.717) is 11.3 Å². The number of anilines is 1. The van der Waals surface area contributed by atoms with Gasteiger partial charge in [-0.3, -0.25) is 4.79 Å². The highest BCUT2D eigenvalue weighted by Crippen LogP contribution is 2.25. The molecule has 0 spiro atoms. The first-order chi connectivity index (χ1) is 15.8. The summed E-state index contributed by atoms with van der Waals surface area (Å²) >= 11 is 0. The normalized spacial score (nSPS) is 11.2.